The van der Waals surface area contributed by atoms with Gasteiger partial charge >= 0.3 is 0 Å². The van der Waals surface area contributed by atoms with Gasteiger partial charge in [-0.1, -0.05) is 12.1 Å². The van der Waals surface area contributed by atoms with Gasteiger partial charge in [-0.25, -0.2) is 4.98 Å². The number of anilines is 3. The lowest BCUT2D eigenvalue weighted by Gasteiger charge is -2.30. The molecule has 0 radical (unpaired) electrons. The maximum absolute atomic E-state index is 6.20. The van der Waals surface area contributed by atoms with E-state index in [1.54, 1.807) is 0 Å². The zero-order valence-electron chi connectivity index (χ0n) is 18.0. The minimum atomic E-state index is 0.487. The summed E-state index contributed by atoms with van der Waals surface area (Å²) in [5.74, 6) is 2.21. The fourth-order valence-corrected chi connectivity index (χ4v) is 4.77. The summed E-state index contributed by atoms with van der Waals surface area (Å²) in [5.41, 5.74) is 6.56. The number of hydrogen-bond acceptors (Lipinski definition) is 7. The Hall–Kier alpha value is -3.16. The number of ether oxygens (including phenoxy) is 2. The molecule has 3 aliphatic rings. The summed E-state index contributed by atoms with van der Waals surface area (Å²) in [5, 5.41) is 6.94. The SMILES string of the molecule is c1cc(N2CCOCC2)c2c(n1)Nc1cc(-c3ccc(C4CCNC4)nc3)ccc1OC2. The Labute approximate surface area is 187 Å². The minimum Gasteiger partial charge on any atom is -0.487 e. The van der Waals surface area contributed by atoms with Crippen LogP contribution in [-0.2, 0) is 11.3 Å². The molecule has 5 heterocycles. The van der Waals surface area contributed by atoms with Crippen molar-refractivity contribution in [2.24, 2.45) is 0 Å². The van der Waals surface area contributed by atoms with Gasteiger partial charge in [0.1, 0.15) is 18.2 Å². The number of hydrogen-bond donors (Lipinski definition) is 2. The third kappa shape index (κ3) is 3.67. The number of aromatic nitrogens is 2. The Morgan fingerprint density at radius 2 is 1.91 bits per heavy atom. The second-order valence-electron chi connectivity index (χ2n) is 8.54. The summed E-state index contributed by atoms with van der Waals surface area (Å²) in [6, 6.07) is 12.7. The highest BCUT2D eigenvalue weighted by molar-refractivity contribution is 5.77. The van der Waals surface area contributed by atoms with Crippen LogP contribution < -0.4 is 20.3 Å². The molecule has 2 saturated heterocycles. The molecule has 3 aromatic rings. The van der Waals surface area contributed by atoms with Gasteiger partial charge in [-0.2, -0.15) is 0 Å². The molecule has 1 unspecified atom stereocenters. The fourth-order valence-electron chi connectivity index (χ4n) is 4.77. The predicted octanol–water partition coefficient (Wildman–Crippen LogP) is 3.69. The predicted molar refractivity (Wildman–Crippen MR) is 125 cm³/mol. The van der Waals surface area contributed by atoms with Crippen molar-refractivity contribution in [3.63, 3.8) is 0 Å². The summed E-state index contributed by atoms with van der Waals surface area (Å²) in [7, 11) is 0. The summed E-state index contributed by atoms with van der Waals surface area (Å²) >= 11 is 0. The lowest BCUT2D eigenvalue weighted by atomic mass is 10.0. The molecular weight excluding hydrogens is 402 g/mol. The van der Waals surface area contributed by atoms with Crippen LogP contribution in [0.2, 0.25) is 0 Å². The van der Waals surface area contributed by atoms with Gasteiger partial charge in [0.25, 0.3) is 0 Å². The average Bonchev–Trinajstić information content (AvgIpc) is 3.32. The first-order valence-corrected chi connectivity index (χ1v) is 11.4. The molecule has 1 aromatic carbocycles. The van der Waals surface area contributed by atoms with Crippen LogP contribution in [0.5, 0.6) is 5.75 Å². The van der Waals surface area contributed by atoms with Crippen LogP contribution in [-0.4, -0.2) is 49.4 Å². The average molecular weight is 430 g/mol. The van der Waals surface area contributed by atoms with Gasteiger partial charge in [0.05, 0.1) is 24.5 Å². The second-order valence-corrected chi connectivity index (χ2v) is 8.54. The molecule has 6 rings (SSSR count). The van der Waals surface area contributed by atoms with E-state index >= 15 is 0 Å². The van der Waals surface area contributed by atoms with Gasteiger partial charge in [0.15, 0.2) is 0 Å². The Balaban J connectivity index is 1.28. The first kappa shape index (κ1) is 19.5. The van der Waals surface area contributed by atoms with Crippen LogP contribution >= 0.6 is 0 Å². The molecule has 0 amide bonds. The molecule has 2 N–H and O–H groups in total. The molecule has 0 spiro atoms. The third-order valence-electron chi connectivity index (χ3n) is 6.59. The van der Waals surface area contributed by atoms with E-state index in [1.807, 2.05) is 18.5 Å². The molecule has 1 atom stereocenters. The van der Waals surface area contributed by atoms with Crippen LogP contribution in [0.3, 0.4) is 0 Å². The molecule has 7 nitrogen and oxygen atoms in total. The van der Waals surface area contributed by atoms with E-state index in [1.165, 1.54) is 11.4 Å². The third-order valence-corrected chi connectivity index (χ3v) is 6.59. The van der Waals surface area contributed by atoms with Crippen LogP contribution in [0.1, 0.15) is 23.6 Å². The Morgan fingerprint density at radius 1 is 1.00 bits per heavy atom. The molecule has 2 fully saturated rings. The number of rotatable bonds is 3. The van der Waals surface area contributed by atoms with Gasteiger partial charge < -0.3 is 25.0 Å². The maximum atomic E-state index is 6.20. The maximum Gasteiger partial charge on any atom is 0.143 e. The number of benzene rings is 1. The number of morpholine rings is 1. The number of fused-ring (bicyclic) bond motifs is 2. The van der Waals surface area contributed by atoms with Crippen LogP contribution in [0, 0.1) is 0 Å². The topological polar surface area (TPSA) is 71.5 Å². The van der Waals surface area contributed by atoms with Gasteiger partial charge in [0.2, 0.25) is 0 Å². The Kier molecular flexibility index (Phi) is 5.13. The van der Waals surface area contributed by atoms with Gasteiger partial charge in [-0.3, -0.25) is 4.98 Å². The van der Waals surface area contributed by atoms with E-state index in [0.717, 1.165) is 79.8 Å². The van der Waals surface area contributed by atoms with Crippen molar-refractivity contribution in [1.29, 1.82) is 0 Å². The lowest BCUT2D eigenvalue weighted by molar-refractivity contribution is 0.122. The lowest BCUT2D eigenvalue weighted by Crippen LogP contribution is -2.37. The standard InChI is InChI=1S/C25H27N5O2/c1-3-21(19-5-7-26-14-19)28-15-18(1)17-2-4-24-22(13-17)29-25-20(16-32-24)23(6-8-27-25)30-9-11-31-12-10-30/h1-4,6,8,13,15,19,26H,5,7,9-12,14,16H2,(H,27,29). The van der Waals surface area contributed by atoms with Gasteiger partial charge in [0, 0.05) is 54.9 Å². The first-order chi connectivity index (χ1) is 15.8. The zero-order chi connectivity index (χ0) is 21.3. The quantitative estimate of drug-likeness (QED) is 0.658. The van der Waals surface area contributed by atoms with Gasteiger partial charge in [-0.05, 0) is 42.8 Å². The molecule has 164 valence electrons. The van der Waals surface area contributed by atoms with E-state index < -0.39 is 0 Å². The number of nitrogens with one attached hydrogen (secondary N) is 2. The Morgan fingerprint density at radius 3 is 2.72 bits per heavy atom. The second kappa shape index (κ2) is 8.41. The molecule has 2 aromatic heterocycles. The summed E-state index contributed by atoms with van der Waals surface area (Å²) < 4.78 is 11.7. The van der Waals surface area contributed by atoms with Crippen molar-refractivity contribution in [3.8, 4) is 16.9 Å². The smallest absolute Gasteiger partial charge is 0.143 e. The highest BCUT2D eigenvalue weighted by atomic mass is 16.5. The van der Waals surface area contributed by atoms with Crippen molar-refractivity contribution < 1.29 is 9.47 Å². The monoisotopic (exact) mass is 429 g/mol. The molecule has 3 aliphatic heterocycles. The van der Waals surface area contributed by atoms with E-state index in [4.69, 9.17) is 14.5 Å². The minimum absolute atomic E-state index is 0.487. The van der Waals surface area contributed by atoms with Crippen molar-refractivity contribution in [2.45, 2.75) is 18.9 Å². The van der Waals surface area contributed by atoms with Crippen LogP contribution in [0.15, 0.2) is 48.8 Å². The van der Waals surface area contributed by atoms with Crippen LogP contribution in [0.25, 0.3) is 11.1 Å². The van der Waals surface area contributed by atoms with E-state index in [2.05, 4.69) is 50.8 Å². The normalized spacial score (nSPS) is 20.0. The number of nitrogens with zero attached hydrogens (tertiary/aromatic N) is 3. The van der Waals surface area contributed by atoms with Crippen molar-refractivity contribution >= 4 is 17.2 Å². The zero-order valence-corrected chi connectivity index (χ0v) is 18.0. The molecule has 0 saturated carbocycles. The molecule has 0 aliphatic carbocycles. The van der Waals surface area contributed by atoms with E-state index in [0.29, 0.717) is 12.5 Å². The van der Waals surface area contributed by atoms with Gasteiger partial charge in [-0.15, -0.1) is 0 Å². The largest absolute Gasteiger partial charge is 0.487 e. The molecule has 0 bridgehead atoms. The Bertz CT molecular complexity index is 1110. The first-order valence-electron chi connectivity index (χ1n) is 11.4. The van der Waals surface area contributed by atoms with E-state index in [-0.39, 0.29) is 0 Å². The molecule has 7 heteroatoms. The van der Waals surface area contributed by atoms with Crippen molar-refractivity contribution in [1.82, 2.24) is 15.3 Å². The fraction of sp³-hybridized carbons (Fsp3) is 0.360. The number of pyridine rings is 2. The highest BCUT2D eigenvalue weighted by Crippen LogP contribution is 2.39. The highest BCUT2D eigenvalue weighted by Gasteiger charge is 2.22. The van der Waals surface area contributed by atoms with E-state index in [9.17, 15) is 0 Å². The van der Waals surface area contributed by atoms with Crippen molar-refractivity contribution in [3.05, 3.63) is 60.0 Å². The summed E-state index contributed by atoms with van der Waals surface area (Å²) in [4.78, 5) is 11.7. The molecule has 32 heavy (non-hydrogen) atoms. The summed E-state index contributed by atoms with van der Waals surface area (Å²) in [6.45, 7) is 5.85. The molecular formula is C25H27N5O2. The summed E-state index contributed by atoms with van der Waals surface area (Å²) in [6.07, 6.45) is 5.01. The van der Waals surface area contributed by atoms with Crippen molar-refractivity contribution in [2.75, 3.05) is 49.6 Å². The van der Waals surface area contributed by atoms with Crippen LogP contribution in [0.4, 0.5) is 17.2 Å².